The number of rotatable bonds is 15. The molecule has 0 heterocycles. The standard InChI is InChI=1S/C32H45FN2.C8H16.C6H12.C5H12.C4H10.2C2H6.C2H2/c1-12-19-32(15-4,24(8)13-2)29-18-17-28(20-23(29)7)22(6)21-31(34-16-5)25(9)27(11)35-30(14-3)26(10)33;1-6-8(4,5)7(2)3;1-5-3-6(2)4-5;1-4-5(2)3;1-4(2)3;3*1-2/h14,16-18,20-22,35H,2-3,12,15,19H2,1,4-11H3;2,6H2,1,3-5H3;5-6H,3-4H2,1-2H3;5H,4H2,1-3H3;4H,1-3H3;2*1-2H3;1-2H/b27-25+,30-26-,31-21+,34-16?;;;;;;;. The molecule has 0 spiro atoms. The third-order valence-electron chi connectivity index (χ3n) is 11.5. The van der Waals surface area contributed by atoms with E-state index in [9.17, 15) is 4.39 Å². The summed E-state index contributed by atoms with van der Waals surface area (Å²) < 4.78 is 13.7. The van der Waals surface area contributed by atoms with Gasteiger partial charge < -0.3 is 5.32 Å². The third-order valence-corrected chi connectivity index (χ3v) is 11.5. The smallest absolute Gasteiger partial charge is 0.120 e. The maximum Gasteiger partial charge on any atom is 0.120 e. The van der Waals surface area contributed by atoms with E-state index < -0.39 is 0 Å². The van der Waals surface area contributed by atoms with Gasteiger partial charge >= 0.3 is 0 Å². The number of aliphatic imine (C=N–C) groups is 1. The zero-order chi connectivity index (χ0) is 52.0. The van der Waals surface area contributed by atoms with Crippen LogP contribution in [0.25, 0.3) is 0 Å². The number of aryl methyl sites for hydroxylation is 1. The fourth-order valence-electron chi connectivity index (χ4n) is 6.37. The van der Waals surface area contributed by atoms with Crippen LogP contribution in [0.5, 0.6) is 0 Å². The summed E-state index contributed by atoms with van der Waals surface area (Å²) in [5.41, 5.74) is 12.9. The van der Waals surface area contributed by atoms with E-state index in [1.54, 1.807) is 6.21 Å². The fourth-order valence-corrected chi connectivity index (χ4v) is 6.37. The van der Waals surface area contributed by atoms with E-state index in [1.165, 1.54) is 66.5 Å². The second kappa shape index (κ2) is 42.1. The van der Waals surface area contributed by atoms with Gasteiger partial charge in [-0.25, -0.2) is 4.39 Å². The SMILES string of the molecule is C#C.C=C(C)C(C)(C)CC.C=C=C(C)C(CC)(CCC)c1ccc(C(C)/C=C(N=CC)\C(C)=C(/C)N/C(C=C)=C(/C)F)cc1C.CC.CC.CC(C)C.CC1CC(C)C1.CCC(C)C. The molecule has 0 bridgehead atoms. The Morgan fingerprint density at radius 2 is 1.36 bits per heavy atom. The lowest BCUT2D eigenvalue weighted by Crippen LogP contribution is -2.27. The molecule has 370 valence electrons. The maximum absolute atomic E-state index is 13.7. The number of halogens is 1. The molecule has 0 radical (unpaired) electrons. The minimum atomic E-state index is -0.298. The highest BCUT2D eigenvalue weighted by atomic mass is 19.1. The highest BCUT2D eigenvalue weighted by Gasteiger charge is 2.33. The number of hydrogen-bond donors (Lipinski definition) is 1. The summed E-state index contributed by atoms with van der Waals surface area (Å²) in [6.45, 7) is 64.3. The van der Waals surface area contributed by atoms with Crippen LogP contribution in [0.3, 0.4) is 0 Å². The molecule has 1 aromatic carbocycles. The molecule has 1 aromatic rings. The van der Waals surface area contributed by atoms with Gasteiger partial charge in [-0.3, -0.25) is 4.99 Å². The zero-order valence-corrected chi connectivity index (χ0v) is 47.4. The van der Waals surface area contributed by atoms with Crippen molar-refractivity contribution in [1.29, 1.82) is 0 Å². The molecule has 0 aromatic heterocycles. The van der Waals surface area contributed by atoms with Crippen molar-refractivity contribution in [2.45, 2.75) is 229 Å². The number of hydrogen-bond acceptors (Lipinski definition) is 2. The van der Waals surface area contributed by atoms with E-state index in [0.29, 0.717) is 11.1 Å². The molecule has 1 aliphatic rings. The van der Waals surface area contributed by atoms with Crippen LogP contribution in [0.15, 0.2) is 100 Å². The second-order valence-electron chi connectivity index (χ2n) is 18.5. The van der Waals surface area contributed by atoms with Crippen molar-refractivity contribution in [2.75, 3.05) is 0 Å². The first-order chi connectivity index (χ1) is 29.8. The molecule has 1 N–H and O–H groups in total. The van der Waals surface area contributed by atoms with Crippen LogP contribution in [-0.4, -0.2) is 6.21 Å². The van der Waals surface area contributed by atoms with Gasteiger partial charge in [-0.1, -0.05) is 187 Å². The lowest BCUT2D eigenvalue weighted by atomic mass is 9.68. The van der Waals surface area contributed by atoms with Gasteiger partial charge in [0.15, 0.2) is 0 Å². The molecule has 64 heavy (non-hydrogen) atoms. The molecule has 2 atom stereocenters. The summed E-state index contributed by atoms with van der Waals surface area (Å²) in [5, 5.41) is 3.12. The van der Waals surface area contributed by atoms with Crippen LogP contribution in [0.1, 0.15) is 234 Å². The third kappa shape index (κ3) is 31.3. The highest BCUT2D eigenvalue weighted by molar-refractivity contribution is 5.57. The van der Waals surface area contributed by atoms with Crippen molar-refractivity contribution in [1.82, 2.24) is 5.32 Å². The van der Waals surface area contributed by atoms with Gasteiger partial charge in [0.25, 0.3) is 0 Å². The highest BCUT2D eigenvalue weighted by Crippen LogP contribution is 2.42. The minimum Gasteiger partial charge on any atom is -0.357 e. The van der Waals surface area contributed by atoms with Gasteiger partial charge in [0.1, 0.15) is 5.83 Å². The van der Waals surface area contributed by atoms with E-state index in [0.717, 1.165) is 59.9 Å². The van der Waals surface area contributed by atoms with Crippen molar-refractivity contribution in [2.24, 2.45) is 34.1 Å². The minimum absolute atomic E-state index is 0.0249. The zero-order valence-electron chi connectivity index (χ0n) is 47.4. The van der Waals surface area contributed by atoms with Crippen LogP contribution in [-0.2, 0) is 5.41 Å². The Hall–Kier alpha value is -3.60. The van der Waals surface area contributed by atoms with Crippen molar-refractivity contribution in [3.63, 3.8) is 0 Å². The summed E-state index contributed by atoms with van der Waals surface area (Å²) in [4.78, 5) is 4.62. The average molecular weight is 890 g/mol. The number of terminal acetylenes is 1. The number of nitrogens with zero attached hydrogens (tertiary/aromatic N) is 1. The van der Waals surface area contributed by atoms with Crippen LogP contribution in [0, 0.1) is 48.9 Å². The summed E-state index contributed by atoms with van der Waals surface area (Å²) in [6.07, 6.45) is 22.1. The lowest BCUT2D eigenvalue weighted by molar-refractivity contribution is 0.233. The van der Waals surface area contributed by atoms with Gasteiger partial charge in [0.05, 0.1) is 11.4 Å². The van der Waals surface area contributed by atoms with E-state index in [4.69, 9.17) is 0 Å². The average Bonchev–Trinajstić information content (AvgIpc) is 3.25. The van der Waals surface area contributed by atoms with E-state index in [2.05, 4.69) is 191 Å². The Balaban J connectivity index is -0.000000232. The van der Waals surface area contributed by atoms with Gasteiger partial charge in [-0.05, 0) is 144 Å². The van der Waals surface area contributed by atoms with Crippen LogP contribution in [0.2, 0.25) is 0 Å². The van der Waals surface area contributed by atoms with Crippen molar-refractivity contribution in [3.8, 4) is 12.8 Å². The Bertz CT molecular complexity index is 1550. The largest absolute Gasteiger partial charge is 0.357 e. The van der Waals surface area contributed by atoms with E-state index in [1.807, 2.05) is 48.5 Å². The van der Waals surface area contributed by atoms with Crippen LogP contribution >= 0.6 is 0 Å². The molecule has 3 heteroatoms. The Morgan fingerprint density at radius 3 is 1.61 bits per heavy atom. The molecule has 0 amide bonds. The summed E-state index contributed by atoms with van der Waals surface area (Å²) in [5.74, 6) is 3.66. The van der Waals surface area contributed by atoms with Gasteiger partial charge in [-0.15, -0.1) is 18.6 Å². The van der Waals surface area contributed by atoms with Crippen molar-refractivity contribution < 1.29 is 4.39 Å². The molecular formula is C61H109FN2. The van der Waals surface area contributed by atoms with E-state index >= 15 is 0 Å². The first-order valence-corrected chi connectivity index (χ1v) is 24.9. The first-order valence-electron chi connectivity index (χ1n) is 24.9. The first kappa shape index (κ1) is 72.0. The number of allylic oxidation sites excluding steroid dienone is 7. The second-order valence-corrected chi connectivity index (χ2v) is 18.5. The van der Waals surface area contributed by atoms with E-state index in [-0.39, 0.29) is 17.2 Å². The molecule has 1 fully saturated rings. The lowest BCUT2D eigenvalue weighted by Gasteiger charge is -2.35. The van der Waals surface area contributed by atoms with Crippen molar-refractivity contribution >= 4 is 6.21 Å². The van der Waals surface area contributed by atoms with Gasteiger partial charge in [0.2, 0.25) is 0 Å². The predicted octanol–water partition coefficient (Wildman–Crippen LogP) is 20.6. The van der Waals surface area contributed by atoms with Crippen LogP contribution < -0.4 is 5.32 Å². The molecule has 0 saturated heterocycles. The monoisotopic (exact) mass is 889 g/mol. The van der Waals surface area contributed by atoms with Crippen molar-refractivity contribution in [3.05, 3.63) is 112 Å². The summed E-state index contributed by atoms with van der Waals surface area (Å²) in [7, 11) is 0. The Morgan fingerprint density at radius 1 is 0.906 bits per heavy atom. The maximum atomic E-state index is 13.7. The summed E-state index contributed by atoms with van der Waals surface area (Å²) >= 11 is 0. The quantitative estimate of drug-likeness (QED) is 0.0613. The van der Waals surface area contributed by atoms with Gasteiger partial charge in [0, 0.05) is 23.2 Å². The van der Waals surface area contributed by atoms with Crippen LogP contribution in [0.4, 0.5) is 4.39 Å². The molecule has 0 aliphatic heterocycles. The summed E-state index contributed by atoms with van der Waals surface area (Å²) in [6, 6.07) is 6.83. The Labute approximate surface area is 402 Å². The topological polar surface area (TPSA) is 24.4 Å². The Kier molecular flexibility index (Phi) is 47.3. The normalized spacial score (nSPS) is 16.0. The molecule has 1 aliphatic carbocycles. The van der Waals surface area contributed by atoms with Gasteiger partial charge in [-0.2, -0.15) is 0 Å². The molecule has 1 saturated carbocycles. The molecule has 2 rings (SSSR count). The molecule has 2 unspecified atom stereocenters. The predicted molar refractivity (Wildman–Crippen MR) is 297 cm³/mol. The molecular weight excluding hydrogens is 780 g/mol. The molecule has 2 nitrogen and oxygen atoms in total. The number of benzene rings is 1. The number of nitrogens with one attached hydrogen (secondary N) is 1. The fraction of sp³-hybridized carbons (Fsp3) is 0.639.